The Balaban J connectivity index is 3.09. The van der Waals surface area contributed by atoms with Crippen molar-refractivity contribution in [1.82, 2.24) is 0 Å². The Morgan fingerprint density at radius 3 is 2.39 bits per heavy atom. The molecule has 0 aliphatic heterocycles. The van der Waals surface area contributed by atoms with Crippen LogP contribution in [0.3, 0.4) is 0 Å². The Labute approximate surface area is 111 Å². The second-order valence-corrected chi connectivity index (χ2v) is 6.25. The number of rotatable bonds is 5. The van der Waals surface area contributed by atoms with Crippen LogP contribution in [0.1, 0.15) is 64.6 Å². The minimum Gasteiger partial charge on any atom is -0.508 e. The largest absolute Gasteiger partial charge is 0.508 e. The third-order valence-electron chi connectivity index (χ3n) is 3.82. The van der Waals surface area contributed by atoms with E-state index in [9.17, 15) is 5.11 Å². The molecule has 1 unspecified atom stereocenters. The molecule has 0 aliphatic rings. The van der Waals surface area contributed by atoms with Gasteiger partial charge in [0.25, 0.3) is 0 Å². The van der Waals surface area contributed by atoms with Gasteiger partial charge in [0.1, 0.15) is 5.75 Å². The summed E-state index contributed by atoms with van der Waals surface area (Å²) in [6, 6.07) is 5.77. The van der Waals surface area contributed by atoms with Gasteiger partial charge in [0, 0.05) is 11.6 Å². The molecule has 0 heterocycles. The third kappa shape index (κ3) is 3.49. The molecule has 0 radical (unpaired) electrons. The highest BCUT2D eigenvalue weighted by Crippen LogP contribution is 2.33. The number of phenolic OH excluding ortho intramolecular Hbond substituents is 1. The molecule has 0 saturated heterocycles. The molecule has 18 heavy (non-hydrogen) atoms. The molecule has 1 atom stereocenters. The molecule has 2 nitrogen and oxygen atoms in total. The van der Waals surface area contributed by atoms with Crippen LogP contribution in [-0.4, -0.2) is 5.11 Å². The molecular formula is C16H27NO. The summed E-state index contributed by atoms with van der Waals surface area (Å²) in [6.07, 6.45) is 1.96. The summed E-state index contributed by atoms with van der Waals surface area (Å²) in [4.78, 5) is 0. The van der Waals surface area contributed by atoms with Crippen molar-refractivity contribution < 1.29 is 5.11 Å². The molecule has 1 aromatic carbocycles. The van der Waals surface area contributed by atoms with E-state index in [0.29, 0.717) is 11.7 Å². The highest BCUT2D eigenvalue weighted by atomic mass is 16.3. The number of hydrogen-bond acceptors (Lipinski definition) is 2. The fraction of sp³-hybridized carbons (Fsp3) is 0.625. The van der Waals surface area contributed by atoms with E-state index < -0.39 is 0 Å². The number of aromatic hydroxyl groups is 1. The Morgan fingerprint density at radius 1 is 1.28 bits per heavy atom. The van der Waals surface area contributed by atoms with Crippen molar-refractivity contribution in [3.05, 3.63) is 29.3 Å². The lowest BCUT2D eigenvalue weighted by Gasteiger charge is -2.25. The molecule has 2 heteroatoms. The van der Waals surface area contributed by atoms with Gasteiger partial charge in [0.15, 0.2) is 0 Å². The van der Waals surface area contributed by atoms with Crippen molar-refractivity contribution in [2.75, 3.05) is 0 Å². The summed E-state index contributed by atoms with van der Waals surface area (Å²) in [6.45, 7) is 10.9. The lowest BCUT2D eigenvalue weighted by atomic mass is 9.80. The third-order valence-corrected chi connectivity index (χ3v) is 3.82. The van der Waals surface area contributed by atoms with E-state index in [1.807, 2.05) is 6.07 Å². The standard InChI is InChI=1S/C16H27NO/c1-6-16(4,5)12-7-8-15(18)13(10-12)14(17)9-11(2)3/h7-8,10-11,14,18H,6,9,17H2,1-5H3. The maximum absolute atomic E-state index is 9.98. The molecule has 102 valence electrons. The molecule has 1 aromatic rings. The van der Waals surface area contributed by atoms with Crippen molar-refractivity contribution >= 4 is 0 Å². The van der Waals surface area contributed by atoms with Gasteiger partial charge in [0.05, 0.1) is 0 Å². The van der Waals surface area contributed by atoms with Crippen LogP contribution in [0.4, 0.5) is 0 Å². The lowest BCUT2D eigenvalue weighted by Crippen LogP contribution is -2.18. The van der Waals surface area contributed by atoms with E-state index in [2.05, 4.69) is 40.7 Å². The SMILES string of the molecule is CCC(C)(C)c1ccc(O)c(C(N)CC(C)C)c1. The fourth-order valence-electron chi connectivity index (χ4n) is 2.11. The van der Waals surface area contributed by atoms with Gasteiger partial charge in [-0.3, -0.25) is 0 Å². The monoisotopic (exact) mass is 249 g/mol. The summed E-state index contributed by atoms with van der Waals surface area (Å²) >= 11 is 0. The van der Waals surface area contributed by atoms with Crippen molar-refractivity contribution in [2.45, 2.75) is 58.9 Å². The van der Waals surface area contributed by atoms with Crippen LogP contribution in [0.25, 0.3) is 0 Å². The predicted octanol–water partition coefficient (Wildman–Crippen LogP) is 4.13. The van der Waals surface area contributed by atoms with Crippen LogP contribution in [0.2, 0.25) is 0 Å². The summed E-state index contributed by atoms with van der Waals surface area (Å²) in [5, 5.41) is 9.98. The first-order valence-electron chi connectivity index (χ1n) is 6.87. The predicted molar refractivity (Wildman–Crippen MR) is 77.8 cm³/mol. The first kappa shape index (κ1) is 15.0. The summed E-state index contributed by atoms with van der Waals surface area (Å²) in [7, 11) is 0. The van der Waals surface area contributed by atoms with Crippen LogP contribution in [-0.2, 0) is 5.41 Å². The summed E-state index contributed by atoms with van der Waals surface area (Å²) in [5.74, 6) is 0.848. The van der Waals surface area contributed by atoms with Gasteiger partial charge in [-0.2, -0.15) is 0 Å². The topological polar surface area (TPSA) is 46.2 Å². The zero-order valence-corrected chi connectivity index (χ0v) is 12.3. The van der Waals surface area contributed by atoms with E-state index in [1.54, 1.807) is 6.07 Å². The molecule has 0 fully saturated rings. The minimum absolute atomic E-state index is 0.0855. The lowest BCUT2D eigenvalue weighted by molar-refractivity contribution is 0.441. The van der Waals surface area contributed by atoms with E-state index in [1.165, 1.54) is 5.56 Å². The van der Waals surface area contributed by atoms with E-state index in [-0.39, 0.29) is 11.5 Å². The average Bonchev–Trinajstić information content (AvgIpc) is 2.28. The highest BCUT2D eigenvalue weighted by Gasteiger charge is 2.21. The summed E-state index contributed by atoms with van der Waals surface area (Å²) < 4.78 is 0. The quantitative estimate of drug-likeness (QED) is 0.824. The number of phenols is 1. The Hall–Kier alpha value is -1.02. The Bertz CT molecular complexity index is 396. The van der Waals surface area contributed by atoms with Crippen LogP contribution in [0.5, 0.6) is 5.75 Å². The van der Waals surface area contributed by atoms with Gasteiger partial charge < -0.3 is 10.8 Å². The number of hydrogen-bond donors (Lipinski definition) is 2. The molecule has 0 spiro atoms. The molecule has 0 bridgehead atoms. The Kier molecular flexibility index (Phi) is 4.80. The maximum Gasteiger partial charge on any atom is 0.120 e. The number of nitrogens with two attached hydrogens (primary N) is 1. The van der Waals surface area contributed by atoms with Gasteiger partial charge >= 0.3 is 0 Å². The van der Waals surface area contributed by atoms with Crippen LogP contribution < -0.4 is 5.73 Å². The molecule has 0 aromatic heterocycles. The molecular weight excluding hydrogens is 222 g/mol. The molecule has 3 N–H and O–H groups in total. The van der Waals surface area contributed by atoms with Gasteiger partial charge in [-0.1, -0.05) is 46.8 Å². The van der Waals surface area contributed by atoms with E-state index >= 15 is 0 Å². The Morgan fingerprint density at radius 2 is 1.89 bits per heavy atom. The van der Waals surface area contributed by atoms with Crippen LogP contribution >= 0.6 is 0 Å². The zero-order valence-electron chi connectivity index (χ0n) is 12.3. The van der Waals surface area contributed by atoms with Gasteiger partial charge in [-0.15, -0.1) is 0 Å². The second-order valence-electron chi connectivity index (χ2n) is 6.25. The van der Waals surface area contributed by atoms with Crippen molar-refractivity contribution in [1.29, 1.82) is 0 Å². The van der Waals surface area contributed by atoms with E-state index in [0.717, 1.165) is 18.4 Å². The minimum atomic E-state index is -0.0855. The van der Waals surface area contributed by atoms with Gasteiger partial charge in [-0.25, -0.2) is 0 Å². The zero-order chi connectivity index (χ0) is 13.9. The van der Waals surface area contributed by atoms with Crippen molar-refractivity contribution in [3.63, 3.8) is 0 Å². The molecule has 0 amide bonds. The number of benzene rings is 1. The normalized spacial score (nSPS) is 13.9. The smallest absolute Gasteiger partial charge is 0.120 e. The molecule has 0 saturated carbocycles. The van der Waals surface area contributed by atoms with Crippen molar-refractivity contribution in [3.8, 4) is 5.75 Å². The average molecular weight is 249 g/mol. The van der Waals surface area contributed by atoms with E-state index in [4.69, 9.17) is 5.73 Å². The highest BCUT2D eigenvalue weighted by molar-refractivity contribution is 5.40. The fourth-order valence-corrected chi connectivity index (χ4v) is 2.11. The summed E-state index contributed by atoms with van der Waals surface area (Å²) in [5.41, 5.74) is 8.44. The molecule has 0 aliphatic carbocycles. The van der Waals surface area contributed by atoms with Crippen LogP contribution in [0.15, 0.2) is 18.2 Å². The van der Waals surface area contributed by atoms with Crippen molar-refractivity contribution in [2.24, 2.45) is 11.7 Å². The molecule has 1 rings (SSSR count). The second kappa shape index (κ2) is 5.75. The maximum atomic E-state index is 9.98. The van der Waals surface area contributed by atoms with Crippen LogP contribution in [0, 0.1) is 5.92 Å². The van der Waals surface area contributed by atoms with Gasteiger partial charge in [0.2, 0.25) is 0 Å². The van der Waals surface area contributed by atoms with Gasteiger partial charge in [-0.05, 0) is 35.8 Å². The first-order valence-corrected chi connectivity index (χ1v) is 6.87. The first-order chi connectivity index (χ1) is 8.27.